The molecule has 2 heteroatoms. The van der Waals surface area contributed by atoms with E-state index in [-0.39, 0.29) is 5.41 Å². The molecule has 0 radical (unpaired) electrons. The molecule has 0 nitrogen and oxygen atoms in total. The van der Waals surface area contributed by atoms with E-state index in [1.807, 2.05) is 0 Å². The van der Waals surface area contributed by atoms with Crippen molar-refractivity contribution in [1.82, 2.24) is 0 Å². The van der Waals surface area contributed by atoms with Crippen LogP contribution in [0.4, 0.5) is 0 Å². The first-order valence-corrected chi connectivity index (χ1v) is 21.2. The molecule has 3 aromatic carbocycles. The van der Waals surface area contributed by atoms with E-state index < -0.39 is 21.2 Å². The number of hydrogen-bond donors (Lipinski definition) is 0. The molecule has 0 saturated carbocycles. The third-order valence-electron chi connectivity index (χ3n) is 7.45. The van der Waals surface area contributed by atoms with Gasteiger partial charge < -0.3 is 0 Å². The van der Waals surface area contributed by atoms with E-state index in [4.69, 9.17) is 0 Å². The number of rotatable bonds is 8. The summed E-state index contributed by atoms with van der Waals surface area (Å²) in [5, 5.41) is 0. The Hall–Kier alpha value is -1.61. The van der Waals surface area contributed by atoms with Gasteiger partial charge in [0, 0.05) is 0 Å². The zero-order valence-electron chi connectivity index (χ0n) is 23.5. The maximum atomic E-state index is 2.48. The van der Waals surface area contributed by atoms with Crippen LogP contribution in [-0.4, -0.2) is 27.9 Å². The summed E-state index contributed by atoms with van der Waals surface area (Å²) in [4.78, 5) is 0. The molecule has 3 aromatic rings. The molecular weight excluding hydrogens is 614 g/mol. The molecule has 0 aromatic heterocycles. The average molecular weight is 660 g/mol. The van der Waals surface area contributed by atoms with Gasteiger partial charge in [-0.25, -0.2) is 0 Å². The van der Waals surface area contributed by atoms with Gasteiger partial charge in [0.1, 0.15) is 0 Å². The van der Waals surface area contributed by atoms with E-state index in [1.54, 1.807) is 18.0 Å². The molecule has 0 heterocycles. The Kier molecular flexibility index (Phi) is 9.29. The fourth-order valence-corrected chi connectivity index (χ4v) is 29.7. The first kappa shape index (κ1) is 28.0. The van der Waals surface area contributed by atoms with Crippen LogP contribution in [0.3, 0.4) is 0 Å². The van der Waals surface area contributed by atoms with Crippen molar-refractivity contribution >= 4 is 37.3 Å². The van der Waals surface area contributed by atoms with E-state index in [9.17, 15) is 0 Å². The minimum absolute atomic E-state index is 0.0463. The molecule has 0 amide bonds. The minimum atomic E-state index is -3.91. The standard InChI is InChI=1S/C15H30B.3C6H5.Pb/c1-11(2)14(10-15(7,8)9)16(12(3)4)13(5)6;3*1-2-4-6-5-3-1;/h11-13H,1-9H3;3*1-5H;. The molecule has 0 N–H and O–H groups in total. The average Bonchev–Trinajstić information content (AvgIpc) is 2.81. The van der Waals surface area contributed by atoms with Crippen molar-refractivity contribution in [3.05, 3.63) is 99.6 Å². The number of allylic oxidation sites excluding steroid dienone is 2. The normalized spacial score (nSPS) is 13.4. The first-order valence-electron chi connectivity index (χ1n) is 13.4. The second-order valence-electron chi connectivity index (χ2n) is 12.1. The van der Waals surface area contributed by atoms with Crippen LogP contribution in [0, 0.1) is 11.3 Å². The van der Waals surface area contributed by atoms with Gasteiger partial charge in [-0.15, -0.1) is 0 Å². The third-order valence-corrected chi connectivity index (χ3v) is 28.4. The van der Waals surface area contributed by atoms with Crippen LogP contribution in [0.25, 0.3) is 0 Å². The molecule has 3 rings (SSSR count). The molecule has 0 aliphatic carbocycles. The van der Waals surface area contributed by atoms with Gasteiger partial charge in [0.05, 0.1) is 0 Å². The van der Waals surface area contributed by atoms with Gasteiger partial charge in [-0.2, -0.15) is 0 Å². The zero-order valence-corrected chi connectivity index (χ0v) is 27.4. The van der Waals surface area contributed by atoms with E-state index >= 15 is 0 Å². The predicted molar refractivity (Wildman–Crippen MR) is 161 cm³/mol. The molecule has 0 aliphatic rings. The van der Waals surface area contributed by atoms with E-state index in [0.29, 0.717) is 24.3 Å². The topological polar surface area (TPSA) is 0 Å². The van der Waals surface area contributed by atoms with Crippen molar-refractivity contribution in [3.8, 4) is 0 Å². The summed E-state index contributed by atoms with van der Waals surface area (Å²) in [6, 6.07) is 34.7. The van der Waals surface area contributed by atoms with E-state index in [1.165, 1.54) is 0 Å². The summed E-state index contributed by atoms with van der Waals surface area (Å²) < 4.78 is 6.46. The molecule has 0 saturated heterocycles. The van der Waals surface area contributed by atoms with E-state index in [0.717, 1.165) is 0 Å². The first-order chi connectivity index (χ1) is 16.5. The Morgan fingerprint density at radius 2 is 0.886 bits per heavy atom. The van der Waals surface area contributed by atoms with Crippen LogP contribution in [0.5, 0.6) is 0 Å². The van der Waals surface area contributed by atoms with Gasteiger partial charge in [-0.05, 0) is 0 Å². The second-order valence-corrected chi connectivity index (χ2v) is 26.6. The van der Waals surface area contributed by atoms with Crippen molar-refractivity contribution in [2.75, 3.05) is 0 Å². The SMILES string of the molecule is CC(C)B(/C(=[C](/C(C)(C)C)[Pb]([c]1ccccc1)([c]1ccccc1)[c]1ccccc1)C(C)C)C(C)C. The molecule has 0 aliphatic heterocycles. The molecule has 0 fully saturated rings. The maximum absolute atomic E-state index is 3.91. The molecule has 0 spiro atoms. The van der Waals surface area contributed by atoms with Gasteiger partial charge >= 0.3 is 222 Å². The van der Waals surface area contributed by atoms with E-state index in [2.05, 4.69) is 153 Å². The van der Waals surface area contributed by atoms with Gasteiger partial charge in [0.25, 0.3) is 0 Å². The third kappa shape index (κ3) is 5.71. The molecule has 35 heavy (non-hydrogen) atoms. The van der Waals surface area contributed by atoms with Crippen LogP contribution in [-0.2, 0) is 0 Å². The van der Waals surface area contributed by atoms with Crippen LogP contribution < -0.4 is 9.37 Å². The fraction of sp³-hybridized carbons (Fsp3) is 0.394. The Morgan fingerprint density at radius 1 is 0.571 bits per heavy atom. The Bertz CT molecular complexity index is 985. The summed E-state index contributed by atoms with van der Waals surface area (Å²) in [7, 11) is 0. The predicted octanol–water partition coefficient (Wildman–Crippen LogP) is 7.55. The summed E-state index contributed by atoms with van der Waals surface area (Å²) >= 11 is -3.91. The van der Waals surface area contributed by atoms with Gasteiger partial charge in [0.2, 0.25) is 0 Å². The van der Waals surface area contributed by atoms with Crippen molar-refractivity contribution in [2.24, 2.45) is 11.3 Å². The molecule has 0 unspecified atom stereocenters. The van der Waals surface area contributed by atoms with Crippen LogP contribution in [0.15, 0.2) is 99.6 Å². The Labute approximate surface area is 221 Å². The van der Waals surface area contributed by atoms with Crippen molar-refractivity contribution < 1.29 is 0 Å². The Morgan fingerprint density at radius 3 is 1.11 bits per heavy atom. The zero-order chi connectivity index (χ0) is 25.8. The molecule has 0 atom stereocenters. The molecular formula is C33H45BPb. The van der Waals surface area contributed by atoms with Gasteiger partial charge in [-0.1, -0.05) is 0 Å². The summed E-state index contributed by atoms with van der Waals surface area (Å²) in [5.41, 5.74) is 1.77. The van der Waals surface area contributed by atoms with Crippen LogP contribution >= 0.6 is 0 Å². The summed E-state index contributed by atoms with van der Waals surface area (Å²) in [6.07, 6.45) is 0. The monoisotopic (exact) mass is 660 g/mol. The van der Waals surface area contributed by atoms with Crippen LogP contribution in [0.1, 0.15) is 62.3 Å². The number of benzene rings is 3. The van der Waals surface area contributed by atoms with Crippen molar-refractivity contribution in [1.29, 1.82) is 0 Å². The second kappa shape index (κ2) is 11.6. The quantitative estimate of drug-likeness (QED) is 0.219. The van der Waals surface area contributed by atoms with Crippen molar-refractivity contribution in [2.45, 2.75) is 73.9 Å². The van der Waals surface area contributed by atoms with Crippen LogP contribution in [0.2, 0.25) is 11.6 Å². The van der Waals surface area contributed by atoms with Gasteiger partial charge in [-0.3, -0.25) is 0 Å². The summed E-state index contributed by atoms with van der Waals surface area (Å²) in [5.74, 6) is 1.69. The summed E-state index contributed by atoms with van der Waals surface area (Å²) in [6.45, 7) is 22.6. The van der Waals surface area contributed by atoms with Gasteiger partial charge in [0.15, 0.2) is 0 Å². The molecule has 0 bridgehead atoms. The molecule has 184 valence electrons. The number of hydrogen-bond acceptors (Lipinski definition) is 0. The Balaban J connectivity index is 2.69. The van der Waals surface area contributed by atoms with Crippen molar-refractivity contribution in [3.63, 3.8) is 0 Å². The fourth-order valence-electron chi connectivity index (χ4n) is 6.54.